The molecule has 0 aromatic carbocycles. The Kier molecular flexibility index (Phi) is 0.0977. The first-order valence-corrected chi connectivity index (χ1v) is 15.2. The molecular formula is C10H13AlTi. The third-order valence-electron chi connectivity index (χ3n) is 20.1. The van der Waals surface area contributed by atoms with Gasteiger partial charge in [-0.2, -0.15) is 0 Å². The van der Waals surface area contributed by atoms with Crippen LogP contribution in [-0.2, 0) is 8.89 Å². The second-order valence-electron chi connectivity index (χ2n) is 12.8. The molecule has 0 nitrogen and oxygen atoms in total. The molecule has 0 N–H and O–H groups in total. The molecular weight excluding hydrogens is 195 g/mol. The van der Waals surface area contributed by atoms with Gasteiger partial charge in [-0.15, -0.1) is 0 Å². The van der Waals surface area contributed by atoms with Crippen molar-refractivity contribution in [3.8, 4) is 0 Å². The second kappa shape index (κ2) is 0.266. The predicted molar refractivity (Wildman–Crippen MR) is 47.4 cm³/mol. The number of hydrogen-bond donors (Lipinski definition) is 0. The van der Waals surface area contributed by atoms with Gasteiger partial charge in [0, 0.05) is 0 Å². The summed E-state index contributed by atoms with van der Waals surface area (Å²) in [6.45, 7) is 0. The van der Waals surface area contributed by atoms with Crippen LogP contribution in [0.3, 0.4) is 0 Å². The van der Waals surface area contributed by atoms with Crippen LogP contribution in [0.2, 0.25) is 42.2 Å². The van der Waals surface area contributed by atoms with Gasteiger partial charge in [0.05, 0.1) is 0 Å². The molecule has 2 heteroatoms. The zero-order valence-electron chi connectivity index (χ0n) is 6.27. The SMILES string of the molecule is [AlH3].[CH]12[CH]3[CH]4[CH]5[CH]1[Ti]23451678[CH]2[CH]1[CH]6[CH]7[CH]28. The molecule has 10 fully saturated rings. The summed E-state index contributed by atoms with van der Waals surface area (Å²) in [6.07, 6.45) is 0. The van der Waals surface area contributed by atoms with Crippen LogP contribution >= 0.6 is 0 Å². The van der Waals surface area contributed by atoms with E-state index in [9.17, 15) is 0 Å². The van der Waals surface area contributed by atoms with Crippen LogP contribution in [-0.4, -0.2) is 17.4 Å². The van der Waals surface area contributed by atoms with Crippen molar-refractivity contribution in [3.05, 3.63) is 0 Å². The molecule has 0 aromatic rings. The van der Waals surface area contributed by atoms with Gasteiger partial charge in [-0.05, 0) is 0 Å². The van der Waals surface area contributed by atoms with Crippen LogP contribution in [0.1, 0.15) is 0 Å². The fourth-order valence-corrected chi connectivity index (χ4v) is 143. The van der Waals surface area contributed by atoms with E-state index in [2.05, 4.69) is 0 Å². The van der Waals surface area contributed by atoms with Crippen molar-refractivity contribution in [2.24, 2.45) is 0 Å². The molecule has 10 rings (SSSR count). The Morgan fingerprint density at radius 2 is 0.583 bits per heavy atom. The van der Waals surface area contributed by atoms with Crippen molar-refractivity contribution >= 4 is 17.4 Å². The van der Waals surface area contributed by atoms with Crippen LogP contribution in [0.4, 0.5) is 0 Å². The molecule has 0 aliphatic carbocycles. The summed E-state index contributed by atoms with van der Waals surface area (Å²) in [5, 5.41) is 0. The van der Waals surface area contributed by atoms with Crippen LogP contribution in [0, 0.1) is 0 Å². The Bertz CT molecular complexity index is 577. The zero-order chi connectivity index (χ0) is 6.09. The van der Waals surface area contributed by atoms with Crippen molar-refractivity contribution < 1.29 is 8.89 Å². The molecule has 10 heterocycles. The summed E-state index contributed by atoms with van der Waals surface area (Å²) in [6, 6.07) is 0. The van der Waals surface area contributed by atoms with E-state index in [1.165, 1.54) is 0 Å². The third-order valence-corrected chi connectivity index (χ3v) is 79.4. The molecule has 0 amide bonds. The minimum absolute atomic E-state index is 0. The number of rotatable bonds is 0. The molecule has 0 radical (unpaired) electrons. The monoisotopic (exact) mass is 208 g/mol. The predicted octanol–water partition coefficient (Wildman–Crippen LogP) is 2.19. The van der Waals surface area contributed by atoms with Crippen molar-refractivity contribution in [1.29, 1.82) is 0 Å². The zero-order valence-corrected chi connectivity index (χ0v) is 7.84. The molecule has 1 spiro atoms. The van der Waals surface area contributed by atoms with Crippen LogP contribution in [0.5, 0.6) is 0 Å². The van der Waals surface area contributed by atoms with Gasteiger partial charge < -0.3 is 0 Å². The molecule has 0 bridgehead atoms. The topological polar surface area (TPSA) is 0 Å². The van der Waals surface area contributed by atoms with Gasteiger partial charge in [0.1, 0.15) is 0 Å². The normalized spacial score (nSPS) is 157. The fourth-order valence-electron chi connectivity index (χ4n) is 23.2. The van der Waals surface area contributed by atoms with E-state index in [0.29, 0.717) is 0 Å². The molecule has 0 atom stereocenters. The summed E-state index contributed by atoms with van der Waals surface area (Å²) < 4.78 is 16.2. The molecule has 10 aliphatic heterocycles. The van der Waals surface area contributed by atoms with Crippen LogP contribution < -0.4 is 0 Å². The van der Waals surface area contributed by atoms with Gasteiger partial charge in [-0.3, -0.25) is 0 Å². The van der Waals surface area contributed by atoms with Crippen molar-refractivity contribution in [3.63, 3.8) is 0 Å². The average Bonchev–Trinajstić information content (AvgIpc) is 3.01. The quantitative estimate of drug-likeness (QED) is 0.535. The third kappa shape index (κ3) is 0.0292. The first kappa shape index (κ1) is 4.40. The van der Waals surface area contributed by atoms with Gasteiger partial charge in [-0.25, -0.2) is 0 Å². The van der Waals surface area contributed by atoms with Crippen LogP contribution in [0.25, 0.3) is 0 Å². The van der Waals surface area contributed by atoms with Gasteiger partial charge in [0.25, 0.3) is 0 Å². The Morgan fingerprint density at radius 3 is 0.583 bits per heavy atom. The van der Waals surface area contributed by atoms with Gasteiger partial charge in [0.15, 0.2) is 17.4 Å². The molecule has 0 saturated carbocycles. The summed E-state index contributed by atoms with van der Waals surface area (Å²) >= 11 is 0. The number of hydrogen-bond acceptors (Lipinski definition) is 0. The van der Waals surface area contributed by atoms with Crippen molar-refractivity contribution in [1.82, 2.24) is 0 Å². The average molecular weight is 208 g/mol. The molecule has 0 unspecified atom stereocenters. The van der Waals surface area contributed by atoms with E-state index in [0.717, 1.165) is 0 Å². The molecule has 12 heavy (non-hydrogen) atoms. The molecule has 60 valence electrons. The van der Waals surface area contributed by atoms with Gasteiger partial charge >= 0.3 is 51.1 Å². The first-order valence-electron chi connectivity index (χ1n) is 6.22. The van der Waals surface area contributed by atoms with E-state index in [1.807, 2.05) is 0 Å². The van der Waals surface area contributed by atoms with E-state index in [-0.39, 0.29) is 17.4 Å². The van der Waals surface area contributed by atoms with Gasteiger partial charge in [0.2, 0.25) is 0 Å². The summed E-state index contributed by atoms with van der Waals surface area (Å²) in [7, 11) is -2.63. The Hall–Kier alpha value is 1.25. The standard InChI is InChI=1S/2C5H5.Al.Ti.3H/c2*1-2-4-5-3-1;;;;;/h2*1-5H;;;;;. The Morgan fingerprint density at radius 1 is 0.417 bits per heavy atom. The molecule has 0 aromatic heterocycles. The van der Waals surface area contributed by atoms with E-state index in [4.69, 9.17) is 0 Å². The van der Waals surface area contributed by atoms with Crippen molar-refractivity contribution in [2.45, 2.75) is 42.2 Å². The van der Waals surface area contributed by atoms with Gasteiger partial charge in [-0.1, -0.05) is 0 Å². The minimum atomic E-state index is -2.63. The first-order chi connectivity index (χ1) is 5.16. The Labute approximate surface area is 68.1 Å². The van der Waals surface area contributed by atoms with E-state index >= 15 is 0 Å². The van der Waals surface area contributed by atoms with Crippen LogP contribution in [0.15, 0.2) is 0 Å². The Balaban J connectivity index is 0.000000400. The maximum atomic E-state index is 1.62. The molecule has 10 aliphatic rings. The fraction of sp³-hybridized carbons (Fsp3) is 1.00. The summed E-state index contributed by atoms with van der Waals surface area (Å²) in [4.78, 5) is 0. The van der Waals surface area contributed by atoms with Crippen molar-refractivity contribution in [2.75, 3.05) is 0 Å². The molecule has 10 saturated heterocycles. The summed E-state index contributed by atoms with van der Waals surface area (Å²) in [5.74, 6) is 0. The van der Waals surface area contributed by atoms with E-state index in [1.54, 1.807) is 42.2 Å². The van der Waals surface area contributed by atoms with E-state index < -0.39 is 8.89 Å². The summed E-state index contributed by atoms with van der Waals surface area (Å²) in [5.41, 5.74) is 0. The second-order valence-corrected chi connectivity index (χ2v) is 46.6. The number of fused-ring (bicyclic) bond motifs is 10. The maximum absolute atomic E-state index is 2.63.